The van der Waals surface area contributed by atoms with Crippen LogP contribution in [0, 0.1) is 5.92 Å². The molecule has 0 aliphatic heterocycles. The number of Topliss-reactive ketones (excluding diaryl/α,β-unsaturated/α-hetero) is 1. The van der Waals surface area contributed by atoms with E-state index in [1.807, 2.05) is 20.8 Å². The van der Waals surface area contributed by atoms with Gasteiger partial charge >= 0.3 is 0 Å². The second-order valence-corrected chi connectivity index (χ2v) is 3.33. The normalized spacial score (nSPS) is 10.3. The molecule has 0 unspecified atom stereocenters. The van der Waals surface area contributed by atoms with Gasteiger partial charge in [0.25, 0.3) is 0 Å². The molecule has 0 N–H and O–H groups in total. The molecule has 0 saturated carbocycles. The highest BCUT2D eigenvalue weighted by molar-refractivity contribution is 5.97. The predicted octanol–water partition coefficient (Wildman–Crippen LogP) is 2.32. The van der Waals surface area contributed by atoms with E-state index in [-0.39, 0.29) is 11.7 Å². The quantitative estimate of drug-likeness (QED) is 0.689. The van der Waals surface area contributed by atoms with Gasteiger partial charge in [-0.15, -0.1) is 0 Å². The van der Waals surface area contributed by atoms with E-state index in [2.05, 4.69) is 4.98 Å². The van der Waals surface area contributed by atoms with Crippen molar-refractivity contribution in [2.75, 3.05) is 6.61 Å². The molecule has 0 amide bonds. The number of pyridine rings is 1. The van der Waals surface area contributed by atoms with E-state index in [0.29, 0.717) is 18.1 Å². The van der Waals surface area contributed by atoms with Gasteiger partial charge in [0.15, 0.2) is 5.78 Å². The highest BCUT2D eigenvalue weighted by atomic mass is 16.5. The minimum absolute atomic E-state index is 0.00637. The number of ether oxygens (including phenoxy) is 1. The monoisotopic (exact) mass is 193 g/mol. The van der Waals surface area contributed by atoms with Crippen LogP contribution >= 0.6 is 0 Å². The lowest BCUT2D eigenvalue weighted by Crippen LogP contribution is -2.08. The molecular weight excluding hydrogens is 178 g/mol. The molecule has 1 aromatic heterocycles. The van der Waals surface area contributed by atoms with E-state index < -0.39 is 0 Å². The molecule has 0 spiro atoms. The molecule has 0 fully saturated rings. The van der Waals surface area contributed by atoms with Crippen LogP contribution in [0.2, 0.25) is 0 Å². The van der Waals surface area contributed by atoms with E-state index in [0.717, 1.165) is 0 Å². The van der Waals surface area contributed by atoms with Gasteiger partial charge in [0.1, 0.15) is 0 Å². The summed E-state index contributed by atoms with van der Waals surface area (Å²) in [4.78, 5) is 15.6. The average molecular weight is 193 g/mol. The number of hydrogen-bond donors (Lipinski definition) is 0. The molecule has 1 aromatic rings. The predicted molar refractivity (Wildman–Crippen MR) is 54.6 cm³/mol. The SMILES string of the molecule is CCOc1cc(C(=O)C(C)C)ccn1. The van der Waals surface area contributed by atoms with Gasteiger partial charge in [0, 0.05) is 23.7 Å². The Hall–Kier alpha value is -1.38. The lowest BCUT2D eigenvalue weighted by atomic mass is 10.0. The number of hydrogen-bond acceptors (Lipinski definition) is 3. The van der Waals surface area contributed by atoms with Gasteiger partial charge in [-0.1, -0.05) is 13.8 Å². The first-order valence-electron chi connectivity index (χ1n) is 4.78. The number of rotatable bonds is 4. The average Bonchev–Trinajstić information content (AvgIpc) is 2.17. The second kappa shape index (κ2) is 4.74. The van der Waals surface area contributed by atoms with Gasteiger partial charge in [0.2, 0.25) is 5.88 Å². The summed E-state index contributed by atoms with van der Waals surface area (Å²) in [5, 5.41) is 0. The van der Waals surface area contributed by atoms with E-state index >= 15 is 0 Å². The zero-order valence-corrected chi connectivity index (χ0v) is 8.78. The fourth-order valence-electron chi connectivity index (χ4n) is 1.12. The van der Waals surface area contributed by atoms with Crippen molar-refractivity contribution >= 4 is 5.78 Å². The van der Waals surface area contributed by atoms with Crippen molar-refractivity contribution in [3.05, 3.63) is 23.9 Å². The molecule has 0 aliphatic carbocycles. The van der Waals surface area contributed by atoms with Crippen molar-refractivity contribution < 1.29 is 9.53 Å². The summed E-state index contributed by atoms with van der Waals surface area (Å²) < 4.78 is 5.21. The topological polar surface area (TPSA) is 39.2 Å². The molecule has 0 radical (unpaired) electrons. The first-order chi connectivity index (χ1) is 6.65. The summed E-state index contributed by atoms with van der Waals surface area (Å²) in [7, 11) is 0. The first-order valence-corrected chi connectivity index (χ1v) is 4.78. The minimum atomic E-state index is 0.00637. The Morgan fingerprint density at radius 2 is 2.29 bits per heavy atom. The molecule has 0 atom stereocenters. The fraction of sp³-hybridized carbons (Fsp3) is 0.455. The van der Waals surface area contributed by atoms with E-state index in [1.54, 1.807) is 18.3 Å². The summed E-state index contributed by atoms with van der Waals surface area (Å²) in [5.74, 6) is 0.638. The van der Waals surface area contributed by atoms with Gasteiger partial charge in [-0.2, -0.15) is 0 Å². The molecule has 0 aromatic carbocycles. The Labute approximate surface area is 84.1 Å². The Balaban J connectivity index is 2.88. The molecule has 3 nitrogen and oxygen atoms in total. The molecule has 0 bridgehead atoms. The van der Waals surface area contributed by atoms with Crippen molar-refractivity contribution in [3.8, 4) is 5.88 Å². The maximum atomic E-state index is 11.6. The van der Waals surface area contributed by atoms with Crippen molar-refractivity contribution in [1.82, 2.24) is 4.98 Å². The Morgan fingerprint density at radius 1 is 1.57 bits per heavy atom. The molecule has 3 heteroatoms. The maximum Gasteiger partial charge on any atom is 0.213 e. The number of aromatic nitrogens is 1. The van der Waals surface area contributed by atoms with Crippen LogP contribution in [0.15, 0.2) is 18.3 Å². The molecule has 1 heterocycles. The van der Waals surface area contributed by atoms with Crippen LogP contribution in [-0.4, -0.2) is 17.4 Å². The van der Waals surface area contributed by atoms with Gasteiger partial charge in [-0.25, -0.2) is 4.98 Å². The summed E-state index contributed by atoms with van der Waals surface area (Å²) >= 11 is 0. The van der Waals surface area contributed by atoms with Crippen LogP contribution in [0.3, 0.4) is 0 Å². The first kappa shape index (κ1) is 10.7. The highest BCUT2D eigenvalue weighted by Gasteiger charge is 2.11. The zero-order chi connectivity index (χ0) is 10.6. The van der Waals surface area contributed by atoms with Crippen LogP contribution in [-0.2, 0) is 0 Å². The van der Waals surface area contributed by atoms with E-state index in [4.69, 9.17) is 4.74 Å². The third-order valence-corrected chi connectivity index (χ3v) is 1.84. The van der Waals surface area contributed by atoms with Crippen molar-refractivity contribution in [2.45, 2.75) is 20.8 Å². The minimum Gasteiger partial charge on any atom is -0.478 e. The van der Waals surface area contributed by atoms with Crippen molar-refractivity contribution in [1.29, 1.82) is 0 Å². The van der Waals surface area contributed by atoms with Gasteiger partial charge in [-0.05, 0) is 13.0 Å². The summed E-state index contributed by atoms with van der Waals surface area (Å²) in [6.45, 7) is 6.21. The molecular formula is C11H15NO2. The Kier molecular flexibility index (Phi) is 3.63. The molecule has 76 valence electrons. The maximum absolute atomic E-state index is 11.6. The fourth-order valence-corrected chi connectivity index (χ4v) is 1.12. The zero-order valence-electron chi connectivity index (χ0n) is 8.78. The highest BCUT2D eigenvalue weighted by Crippen LogP contribution is 2.13. The van der Waals surface area contributed by atoms with Crippen LogP contribution in [0.1, 0.15) is 31.1 Å². The summed E-state index contributed by atoms with van der Waals surface area (Å²) in [6, 6.07) is 3.40. The summed E-state index contributed by atoms with van der Waals surface area (Å²) in [6.07, 6.45) is 1.60. The molecule has 0 saturated heterocycles. The van der Waals surface area contributed by atoms with Crippen molar-refractivity contribution in [2.24, 2.45) is 5.92 Å². The van der Waals surface area contributed by atoms with E-state index in [9.17, 15) is 4.79 Å². The largest absolute Gasteiger partial charge is 0.478 e. The number of nitrogens with zero attached hydrogens (tertiary/aromatic N) is 1. The number of ketones is 1. The lowest BCUT2D eigenvalue weighted by molar-refractivity contribution is 0.0938. The summed E-state index contributed by atoms with van der Waals surface area (Å²) in [5.41, 5.74) is 0.665. The standard InChI is InChI=1S/C11H15NO2/c1-4-14-10-7-9(5-6-12-10)11(13)8(2)3/h5-8H,4H2,1-3H3. The number of carbonyl (C=O) groups is 1. The van der Waals surface area contributed by atoms with Gasteiger partial charge < -0.3 is 4.74 Å². The Bertz CT molecular complexity index is 321. The smallest absolute Gasteiger partial charge is 0.213 e. The van der Waals surface area contributed by atoms with Gasteiger partial charge in [-0.3, -0.25) is 4.79 Å². The molecule has 1 rings (SSSR count). The van der Waals surface area contributed by atoms with Crippen LogP contribution < -0.4 is 4.74 Å². The van der Waals surface area contributed by atoms with Crippen molar-refractivity contribution in [3.63, 3.8) is 0 Å². The Morgan fingerprint density at radius 3 is 2.86 bits per heavy atom. The van der Waals surface area contributed by atoms with E-state index in [1.165, 1.54) is 0 Å². The van der Waals surface area contributed by atoms with Gasteiger partial charge in [0.05, 0.1) is 6.61 Å². The molecule has 0 aliphatic rings. The van der Waals surface area contributed by atoms with Crippen LogP contribution in [0.5, 0.6) is 5.88 Å². The lowest BCUT2D eigenvalue weighted by Gasteiger charge is -2.06. The van der Waals surface area contributed by atoms with Crippen LogP contribution in [0.4, 0.5) is 0 Å². The third kappa shape index (κ3) is 2.55. The third-order valence-electron chi connectivity index (χ3n) is 1.84. The second-order valence-electron chi connectivity index (χ2n) is 3.33. The number of carbonyl (C=O) groups excluding carboxylic acids is 1. The molecule has 14 heavy (non-hydrogen) atoms. The van der Waals surface area contributed by atoms with Crippen LogP contribution in [0.25, 0.3) is 0 Å².